The van der Waals surface area contributed by atoms with Crippen LogP contribution in [0, 0.1) is 5.92 Å². The number of H-pyrrole nitrogens is 1. The Bertz CT molecular complexity index is 1170. The van der Waals surface area contributed by atoms with Crippen LogP contribution in [0.2, 0.25) is 0 Å². The van der Waals surface area contributed by atoms with E-state index < -0.39 is 24.9 Å². The van der Waals surface area contributed by atoms with Crippen LogP contribution < -0.4 is 10.6 Å². The normalized spacial score (nSPS) is 15.2. The summed E-state index contributed by atoms with van der Waals surface area (Å²) in [5, 5.41) is 9.57. The van der Waals surface area contributed by atoms with E-state index in [9.17, 15) is 22.8 Å². The van der Waals surface area contributed by atoms with E-state index in [-0.39, 0.29) is 18.5 Å². The Hall–Kier alpha value is -3.37. The fourth-order valence-corrected chi connectivity index (χ4v) is 4.09. The van der Waals surface area contributed by atoms with Gasteiger partial charge in [0.25, 0.3) is 5.91 Å². The fourth-order valence-electron chi connectivity index (χ4n) is 4.09. The summed E-state index contributed by atoms with van der Waals surface area (Å²) in [7, 11) is 1.68. The Labute approximate surface area is 194 Å². The molecule has 11 heteroatoms. The van der Waals surface area contributed by atoms with Crippen LogP contribution in [0.1, 0.15) is 66.4 Å². The summed E-state index contributed by atoms with van der Waals surface area (Å²) in [6, 6.07) is 6.76. The smallest absolute Gasteiger partial charge is 0.349 e. The van der Waals surface area contributed by atoms with Gasteiger partial charge in [0.2, 0.25) is 5.91 Å². The fraction of sp³-hybridized carbons (Fsp3) is 0.478. The highest BCUT2D eigenvalue weighted by atomic mass is 19.4. The molecule has 0 radical (unpaired) electrons. The van der Waals surface area contributed by atoms with Crippen molar-refractivity contribution in [3.63, 3.8) is 0 Å². The molecule has 0 unspecified atom stereocenters. The van der Waals surface area contributed by atoms with Crippen molar-refractivity contribution < 1.29 is 22.8 Å². The lowest BCUT2D eigenvalue weighted by Crippen LogP contribution is -2.32. The topological polar surface area (TPSA) is 105 Å². The molecule has 1 aliphatic carbocycles. The van der Waals surface area contributed by atoms with Gasteiger partial charge in [0, 0.05) is 19.7 Å². The Morgan fingerprint density at radius 3 is 2.71 bits per heavy atom. The summed E-state index contributed by atoms with van der Waals surface area (Å²) in [5.74, 6) is 0.128. The first-order chi connectivity index (χ1) is 16.2. The first kappa shape index (κ1) is 23.8. The highest BCUT2D eigenvalue weighted by molar-refractivity contribution is 5.92. The van der Waals surface area contributed by atoms with E-state index >= 15 is 0 Å². The van der Waals surface area contributed by atoms with Crippen molar-refractivity contribution in [2.24, 2.45) is 13.0 Å². The zero-order valence-corrected chi connectivity index (χ0v) is 18.8. The van der Waals surface area contributed by atoms with Crippen molar-refractivity contribution >= 4 is 22.8 Å². The van der Waals surface area contributed by atoms with Gasteiger partial charge in [-0.2, -0.15) is 18.3 Å². The zero-order chi connectivity index (χ0) is 24.3. The van der Waals surface area contributed by atoms with Crippen LogP contribution in [-0.4, -0.2) is 37.7 Å². The number of fused-ring (bicyclic) bond motifs is 1. The van der Waals surface area contributed by atoms with Crippen LogP contribution >= 0.6 is 0 Å². The lowest BCUT2D eigenvalue weighted by atomic mass is 9.79. The number of nitrogens with one attached hydrogen (secondary N) is 3. The molecule has 2 aromatic heterocycles. The number of alkyl halides is 3. The van der Waals surface area contributed by atoms with Gasteiger partial charge in [0.15, 0.2) is 0 Å². The second kappa shape index (κ2) is 9.86. The minimum absolute atomic E-state index is 0.188. The molecule has 0 saturated heterocycles. The number of aromatic amines is 1. The Morgan fingerprint density at radius 1 is 1.26 bits per heavy atom. The van der Waals surface area contributed by atoms with Gasteiger partial charge >= 0.3 is 6.18 Å². The number of hydrogen-bond donors (Lipinski definition) is 3. The molecule has 2 amide bonds. The molecule has 1 atom stereocenters. The summed E-state index contributed by atoms with van der Waals surface area (Å²) < 4.78 is 39.0. The number of aryl methyl sites for hydroxylation is 1. The van der Waals surface area contributed by atoms with Crippen LogP contribution in [0.4, 0.5) is 13.2 Å². The van der Waals surface area contributed by atoms with Gasteiger partial charge in [-0.3, -0.25) is 14.3 Å². The minimum atomic E-state index is -4.36. The van der Waals surface area contributed by atoms with Gasteiger partial charge in [0.1, 0.15) is 11.5 Å². The third-order valence-corrected chi connectivity index (χ3v) is 6.19. The van der Waals surface area contributed by atoms with Gasteiger partial charge in [-0.15, -0.1) is 0 Å². The van der Waals surface area contributed by atoms with E-state index in [1.165, 1.54) is 4.68 Å². The minimum Gasteiger partial charge on any atom is -0.349 e. The Morgan fingerprint density at radius 2 is 2.06 bits per heavy atom. The van der Waals surface area contributed by atoms with Gasteiger partial charge in [-0.25, -0.2) is 4.98 Å². The Kier molecular flexibility index (Phi) is 6.90. The molecule has 0 bridgehead atoms. The number of amides is 2. The van der Waals surface area contributed by atoms with Crippen molar-refractivity contribution in [1.82, 2.24) is 30.4 Å². The number of nitrogens with zero attached hydrogens (tertiary/aromatic N) is 3. The van der Waals surface area contributed by atoms with Gasteiger partial charge in [-0.1, -0.05) is 25.3 Å². The van der Waals surface area contributed by atoms with E-state index in [0.29, 0.717) is 29.4 Å². The number of benzene rings is 1. The van der Waals surface area contributed by atoms with Crippen LogP contribution in [0.5, 0.6) is 0 Å². The molecular formula is C23H27F3N6O2. The quantitative estimate of drug-likeness (QED) is 0.435. The summed E-state index contributed by atoms with van der Waals surface area (Å²) in [6.07, 6.45) is -0.612. The van der Waals surface area contributed by atoms with Crippen molar-refractivity contribution in [3.05, 3.63) is 47.5 Å². The van der Waals surface area contributed by atoms with Crippen molar-refractivity contribution in [2.45, 2.75) is 57.3 Å². The molecule has 2 heterocycles. The molecule has 1 saturated carbocycles. The number of hydrogen-bond acceptors (Lipinski definition) is 4. The standard InChI is InChI=1S/C23H27F3N6O2/c1-32-19(8-10-28-32)22(34)27-13-20-29-16-6-5-15(12-18(16)30-20)17(11-14-3-2-4-14)31-21(33)7-9-23(24,25)26/h5-6,8,10,12,14,17H,2-4,7,9,11,13H2,1H3,(H,27,34)(H,29,30)(H,31,33)/t17-/m0/s1. The Balaban J connectivity index is 1.45. The second-order valence-corrected chi connectivity index (χ2v) is 8.75. The molecule has 182 valence electrons. The molecule has 4 rings (SSSR count). The number of carbonyl (C=O) groups is 2. The average molecular weight is 477 g/mol. The third kappa shape index (κ3) is 5.95. The monoisotopic (exact) mass is 476 g/mol. The summed E-state index contributed by atoms with van der Waals surface area (Å²) in [6.45, 7) is 0.188. The van der Waals surface area contributed by atoms with E-state index in [0.717, 1.165) is 30.3 Å². The molecule has 3 aromatic rings. The van der Waals surface area contributed by atoms with E-state index in [1.807, 2.05) is 18.2 Å². The molecule has 0 spiro atoms. The SMILES string of the molecule is Cn1nccc1C(=O)NCc1nc2ccc([C@H](CC3CCC3)NC(=O)CCC(F)(F)F)cc2[nH]1. The van der Waals surface area contributed by atoms with Crippen LogP contribution in [0.15, 0.2) is 30.5 Å². The molecule has 1 aromatic carbocycles. The summed E-state index contributed by atoms with van der Waals surface area (Å²) in [4.78, 5) is 32.2. The number of halogens is 3. The van der Waals surface area contributed by atoms with Crippen LogP contribution in [0.3, 0.4) is 0 Å². The maximum atomic E-state index is 12.5. The predicted molar refractivity (Wildman–Crippen MR) is 119 cm³/mol. The van der Waals surface area contributed by atoms with Crippen molar-refractivity contribution in [1.29, 1.82) is 0 Å². The maximum absolute atomic E-state index is 12.5. The molecular weight excluding hydrogens is 449 g/mol. The second-order valence-electron chi connectivity index (χ2n) is 8.75. The summed E-state index contributed by atoms with van der Waals surface area (Å²) in [5.41, 5.74) is 2.66. The highest BCUT2D eigenvalue weighted by Crippen LogP contribution is 2.35. The first-order valence-electron chi connectivity index (χ1n) is 11.3. The van der Waals surface area contributed by atoms with Gasteiger partial charge < -0.3 is 15.6 Å². The zero-order valence-electron chi connectivity index (χ0n) is 18.8. The highest BCUT2D eigenvalue weighted by Gasteiger charge is 2.29. The van der Waals surface area contributed by atoms with Crippen LogP contribution in [0.25, 0.3) is 11.0 Å². The van der Waals surface area contributed by atoms with Crippen molar-refractivity contribution in [2.75, 3.05) is 0 Å². The molecule has 3 N–H and O–H groups in total. The number of imidazole rings is 1. The molecule has 1 aliphatic rings. The summed E-state index contributed by atoms with van der Waals surface area (Å²) >= 11 is 0. The lowest BCUT2D eigenvalue weighted by molar-refractivity contribution is -0.144. The number of aromatic nitrogens is 4. The average Bonchev–Trinajstić information content (AvgIpc) is 3.36. The maximum Gasteiger partial charge on any atom is 0.389 e. The molecule has 34 heavy (non-hydrogen) atoms. The molecule has 1 fully saturated rings. The third-order valence-electron chi connectivity index (χ3n) is 6.19. The van der Waals surface area contributed by atoms with Gasteiger partial charge in [0.05, 0.1) is 30.0 Å². The molecule has 8 nitrogen and oxygen atoms in total. The van der Waals surface area contributed by atoms with E-state index in [4.69, 9.17) is 0 Å². The first-order valence-corrected chi connectivity index (χ1v) is 11.3. The van der Waals surface area contributed by atoms with Crippen LogP contribution in [-0.2, 0) is 18.4 Å². The number of carbonyl (C=O) groups excluding carboxylic acids is 2. The lowest BCUT2D eigenvalue weighted by Gasteiger charge is -2.30. The van der Waals surface area contributed by atoms with E-state index in [2.05, 4.69) is 25.7 Å². The van der Waals surface area contributed by atoms with Gasteiger partial charge in [-0.05, 0) is 36.1 Å². The largest absolute Gasteiger partial charge is 0.389 e. The molecule has 0 aliphatic heterocycles. The van der Waals surface area contributed by atoms with E-state index in [1.54, 1.807) is 19.3 Å². The predicted octanol–water partition coefficient (Wildman–Crippen LogP) is 3.92. The number of rotatable bonds is 9. The van der Waals surface area contributed by atoms with Crippen molar-refractivity contribution in [3.8, 4) is 0 Å².